The molecule has 1 aliphatic heterocycles. The fraction of sp³-hybridized carbons (Fsp3) is 0.611. The highest BCUT2D eigenvalue weighted by molar-refractivity contribution is 5.73. The molecule has 1 heterocycles. The number of carbonyl (C=O) groups excluding carboxylic acids is 1. The summed E-state index contributed by atoms with van der Waals surface area (Å²) in [7, 11) is 0. The smallest absolute Gasteiger partial charge is 0.315 e. The van der Waals surface area contributed by atoms with Crippen molar-refractivity contribution in [3.63, 3.8) is 0 Å². The van der Waals surface area contributed by atoms with Crippen LogP contribution in [0.4, 0.5) is 4.79 Å². The Morgan fingerprint density at radius 3 is 2.91 bits per heavy atom. The molecule has 0 bridgehead atoms. The van der Waals surface area contributed by atoms with E-state index < -0.39 is 0 Å². The number of carbonyl (C=O) groups is 1. The number of likely N-dealkylation sites (tertiary alicyclic amines) is 1. The van der Waals surface area contributed by atoms with E-state index in [1.54, 1.807) is 0 Å². The molecule has 1 unspecified atom stereocenters. The first-order valence-electron chi connectivity index (χ1n) is 8.36. The molecule has 122 valence electrons. The Labute approximate surface area is 134 Å². The number of benzene rings is 1. The van der Waals surface area contributed by atoms with Crippen LogP contribution in [0.3, 0.4) is 0 Å². The van der Waals surface area contributed by atoms with Gasteiger partial charge in [0, 0.05) is 25.7 Å². The minimum absolute atomic E-state index is 0.0665. The summed E-state index contributed by atoms with van der Waals surface area (Å²) in [4.78, 5) is 14.4. The van der Waals surface area contributed by atoms with Gasteiger partial charge in [-0.15, -0.1) is 0 Å². The van der Waals surface area contributed by atoms with Crippen LogP contribution in [-0.2, 0) is 6.54 Å². The van der Waals surface area contributed by atoms with E-state index in [2.05, 4.69) is 48.4 Å². The molecule has 1 aliphatic rings. The molecule has 1 fully saturated rings. The molecule has 1 aromatic carbocycles. The average molecular weight is 303 g/mol. The van der Waals surface area contributed by atoms with Gasteiger partial charge in [-0.05, 0) is 51.6 Å². The van der Waals surface area contributed by atoms with Crippen LogP contribution >= 0.6 is 0 Å². The summed E-state index contributed by atoms with van der Waals surface area (Å²) in [5, 5.41) is 5.96. The summed E-state index contributed by atoms with van der Waals surface area (Å²) in [5.41, 5.74) is 2.36. The lowest BCUT2D eigenvalue weighted by Crippen LogP contribution is -2.45. The van der Waals surface area contributed by atoms with Gasteiger partial charge >= 0.3 is 6.03 Å². The minimum atomic E-state index is -0.0665. The Hall–Kier alpha value is -1.55. The van der Waals surface area contributed by atoms with Gasteiger partial charge in [-0.1, -0.05) is 29.8 Å². The molecular weight excluding hydrogens is 274 g/mol. The van der Waals surface area contributed by atoms with Crippen LogP contribution in [0, 0.1) is 12.8 Å². The van der Waals surface area contributed by atoms with Crippen LogP contribution in [0.2, 0.25) is 0 Å². The number of nitrogens with one attached hydrogen (secondary N) is 2. The second-order valence-corrected chi connectivity index (χ2v) is 6.65. The molecule has 1 saturated heterocycles. The number of aryl methyl sites for hydroxylation is 1. The van der Waals surface area contributed by atoms with Gasteiger partial charge in [-0.25, -0.2) is 4.79 Å². The Morgan fingerprint density at radius 2 is 2.18 bits per heavy atom. The van der Waals surface area contributed by atoms with E-state index >= 15 is 0 Å². The number of urea groups is 1. The lowest BCUT2D eigenvalue weighted by atomic mass is 9.97. The van der Waals surface area contributed by atoms with Gasteiger partial charge < -0.3 is 15.5 Å². The highest BCUT2D eigenvalue weighted by Gasteiger charge is 2.21. The molecule has 2 rings (SSSR count). The van der Waals surface area contributed by atoms with Crippen molar-refractivity contribution in [2.45, 2.75) is 46.2 Å². The number of nitrogens with zero attached hydrogens (tertiary/aromatic N) is 1. The topological polar surface area (TPSA) is 44.4 Å². The summed E-state index contributed by atoms with van der Waals surface area (Å²) in [6.45, 7) is 10.2. The van der Waals surface area contributed by atoms with Gasteiger partial charge in [-0.2, -0.15) is 0 Å². The van der Waals surface area contributed by atoms with Crippen LogP contribution in [0.5, 0.6) is 0 Å². The van der Waals surface area contributed by atoms with Gasteiger partial charge in [0.25, 0.3) is 0 Å². The number of piperidine rings is 1. The van der Waals surface area contributed by atoms with Crippen LogP contribution in [-0.4, -0.2) is 36.6 Å². The van der Waals surface area contributed by atoms with Crippen molar-refractivity contribution in [2.75, 3.05) is 19.6 Å². The Bertz CT molecular complexity index is 487. The monoisotopic (exact) mass is 303 g/mol. The molecule has 1 atom stereocenters. The molecule has 4 heteroatoms. The van der Waals surface area contributed by atoms with Gasteiger partial charge in [0.2, 0.25) is 0 Å². The van der Waals surface area contributed by atoms with E-state index in [4.69, 9.17) is 0 Å². The summed E-state index contributed by atoms with van der Waals surface area (Å²) >= 11 is 0. The fourth-order valence-corrected chi connectivity index (χ4v) is 3.04. The zero-order chi connectivity index (χ0) is 15.9. The first-order chi connectivity index (χ1) is 10.5. The molecule has 2 amide bonds. The summed E-state index contributed by atoms with van der Waals surface area (Å²) < 4.78 is 0. The van der Waals surface area contributed by atoms with Crippen molar-refractivity contribution in [3.8, 4) is 0 Å². The van der Waals surface area contributed by atoms with Crippen LogP contribution < -0.4 is 10.6 Å². The maximum Gasteiger partial charge on any atom is 0.315 e. The molecule has 22 heavy (non-hydrogen) atoms. The normalized spacial score (nSPS) is 19.2. The third kappa shape index (κ3) is 5.34. The molecule has 0 saturated carbocycles. The maximum atomic E-state index is 11.9. The number of hydrogen-bond acceptors (Lipinski definition) is 2. The van der Waals surface area contributed by atoms with Crippen molar-refractivity contribution in [1.29, 1.82) is 0 Å². The molecule has 0 radical (unpaired) electrons. The molecular formula is C18H29N3O. The van der Waals surface area contributed by atoms with Crippen molar-refractivity contribution in [2.24, 2.45) is 5.92 Å². The molecule has 0 aromatic heterocycles. The zero-order valence-electron chi connectivity index (χ0n) is 14.1. The molecule has 0 aliphatic carbocycles. The molecule has 4 nitrogen and oxygen atoms in total. The minimum Gasteiger partial charge on any atom is -0.338 e. The van der Waals surface area contributed by atoms with Crippen molar-refractivity contribution in [1.82, 2.24) is 15.5 Å². The van der Waals surface area contributed by atoms with Gasteiger partial charge in [0.1, 0.15) is 0 Å². The average Bonchev–Trinajstić information content (AvgIpc) is 2.51. The quantitative estimate of drug-likeness (QED) is 0.878. The third-order valence-corrected chi connectivity index (χ3v) is 4.37. The fourth-order valence-electron chi connectivity index (χ4n) is 3.04. The Kier molecular flexibility index (Phi) is 6.25. The maximum absolute atomic E-state index is 11.9. The lowest BCUT2D eigenvalue weighted by Gasteiger charge is -2.35. The van der Waals surface area contributed by atoms with Crippen LogP contribution in [0.1, 0.15) is 37.8 Å². The standard InChI is InChI=1S/C18H29N3O/c1-14(2)21-9-5-8-17(13-21)12-20-18(22)19-11-16-7-4-6-15(3)10-16/h4,6-7,10,14,17H,5,8-9,11-13H2,1-3H3,(H2,19,20,22). The predicted octanol–water partition coefficient (Wildman–Crippen LogP) is 2.91. The summed E-state index contributed by atoms with van der Waals surface area (Å²) in [5.74, 6) is 0.570. The first-order valence-corrected chi connectivity index (χ1v) is 8.36. The van der Waals surface area contributed by atoms with E-state index in [1.165, 1.54) is 24.9 Å². The second kappa shape index (κ2) is 8.18. The highest BCUT2D eigenvalue weighted by atomic mass is 16.2. The molecule has 1 aromatic rings. The second-order valence-electron chi connectivity index (χ2n) is 6.65. The predicted molar refractivity (Wildman–Crippen MR) is 90.9 cm³/mol. The number of hydrogen-bond donors (Lipinski definition) is 2. The van der Waals surface area contributed by atoms with Gasteiger partial charge in [0.05, 0.1) is 0 Å². The van der Waals surface area contributed by atoms with E-state index in [0.717, 1.165) is 18.7 Å². The molecule has 2 N–H and O–H groups in total. The number of amides is 2. The number of rotatable bonds is 5. The highest BCUT2D eigenvalue weighted by Crippen LogP contribution is 2.17. The van der Waals surface area contributed by atoms with E-state index in [9.17, 15) is 4.79 Å². The van der Waals surface area contributed by atoms with Gasteiger partial charge in [-0.3, -0.25) is 0 Å². The lowest BCUT2D eigenvalue weighted by molar-refractivity contribution is 0.139. The van der Waals surface area contributed by atoms with Crippen LogP contribution in [0.15, 0.2) is 24.3 Å². The summed E-state index contributed by atoms with van der Waals surface area (Å²) in [6, 6.07) is 8.75. The summed E-state index contributed by atoms with van der Waals surface area (Å²) in [6.07, 6.45) is 2.44. The van der Waals surface area contributed by atoms with Crippen molar-refractivity contribution in [3.05, 3.63) is 35.4 Å². The Morgan fingerprint density at radius 1 is 1.36 bits per heavy atom. The Balaban J connectivity index is 1.69. The van der Waals surface area contributed by atoms with Crippen molar-refractivity contribution < 1.29 is 4.79 Å². The van der Waals surface area contributed by atoms with Crippen LogP contribution in [0.25, 0.3) is 0 Å². The van der Waals surface area contributed by atoms with E-state index in [0.29, 0.717) is 18.5 Å². The van der Waals surface area contributed by atoms with E-state index in [-0.39, 0.29) is 6.03 Å². The van der Waals surface area contributed by atoms with Crippen molar-refractivity contribution >= 4 is 6.03 Å². The van der Waals surface area contributed by atoms with Gasteiger partial charge in [0.15, 0.2) is 0 Å². The largest absolute Gasteiger partial charge is 0.338 e. The SMILES string of the molecule is Cc1cccc(CNC(=O)NCC2CCCN(C(C)C)C2)c1. The third-order valence-electron chi connectivity index (χ3n) is 4.37. The first kappa shape index (κ1) is 16.8. The zero-order valence-corrected chi connectivity index (χ0v) is 14.1. The molecule has 0 spiro atoms. The van der Waals surface area contributed by atoms with E-state index in [1.807, 2.05) is 12.1 Å².